The van der Waals surface area contributed by atoms with Gasteiger partial charge in [-0.15, -0.1) is 0 Å². The minimum absolute atomic E-state index is 0.293. The maximum atomic E-state index is 11.6. The Balaban J connectivity index is 1.66. The lowest BCUT2D eigenvalue weighted by atomic mass is 9.44. The van der Waals surface area contributed by atoms with Crippen LogP contribution in [0.25, 0.3) is 6.08 Å². The van der Waals surface area contributed by atoms with Crippen LogP contribution in [0.15, 0.2) is 12.3 Å². The number of hydrogen-bond donors (Lipinski definition) is 2. The van der Waals surface area contributed by atoms with Gasteiger partial charge in [-0.1, -0.05) is 32.9 Å². The van der Waals surface area contributed by atoms with Crippen molar-refractivity contribution < 1.29 is 9.90 Å². The Hall–Kier alpha value is -1.84. The van der Waals surface area contributed by atoms with Crippen LogP contribution in [0.1, 0.15) is 55.2 Å². The van der Waals surface area contributed by atoms with Crippen molar-refractivity contribution in [1.82, 2.24) is 4.98 Å². The molecule has 3 saturated carbocycles. The van der Waals surface area contributed by atoms with Crippen molar-refractivity contribution in [2.75, 3.05) is 5.32 Å². The van der Waals surface area contributed by atoms with E-state index in [4.69, 9.17) is 0 Å². The minimum Gasteiger partial charge on any atom is -0.478 e. The number of nitrogens with one attached hydrogen (secondary N) is 1. The zero-order valence-electron chi connectivity index (χ0n) is 14.0. The molecule has 4 aliphatic carbocycles. The average molecular weight is 312 g/mol. The lowest BCUT2D eigenvalue weighted by Gasteiger charge is -2.62. The molecule has 2 N–H and O–H groups in total. The van der Waals surface area contributed by atoms with E-state index in [2.05, 4.69) is 37.1 Å². The Morgan fingerprint density at radius 3 is 2.83 bits per heavy atom. The molecule has 23 heavy (non-hydrogen) atoms. The summed E-state index contributed by atoms with van der Waals surface area (Å²) in [4.78, 5) is 15.9. The summed E-state index contributed by atoms with van der Waals surface area (Å²) in [7, 11) is 0. The van der Waals surface area contributed by atoms with Gasteiger partial charge >= 0.3 is 5.97 Å². The van der Waals surface area contributed by atoms with Crippen molar-refractivity contribution in [2.45, 2.75) is 46.1 Å². The Labute approximate surface area is 137 Å². The largest absolute Gasteiger partial charge is 0.478 e. The van der Waals surface area contributed by atoms with E-state index in [0.29, 0.717) is 22.9 Å². The molecule has 0 radical (unpaired) electrons. The van der Waals surface area contributed by atoms with E-state index < -0.39 is 5.97 Å². The second-order valence-electron chi connectivity index (χ2n) is 8.03. The normalized spacial score (nSPS) is 33.0. The highest BCUT2D eigenvalue weighted by Gasteiger charge is 2.56. The highest BCUT2D eigenvalue weighted by Crippen LogP contribution is 2.61. The number of rotatable bonds is 3. The van der Waals surface area contributed by atoms with Gasteiger partial charge in [0.2, 0.25) is 0 Å². The van der Waals surface area contributed by atoms with Crippen LogP contribution >= 0.6 is 0 Å². The molecule has 5 rings (SSSR count). The SMILES string of the molecule is C[C@@H]1[C@@H](Nc2c(C(=O)O)cnc3c2C=CC3)C[C@@H]2C[C@H]1C2(C)C. The van der Waals surface area contributed by atoms with Crippen molar-refractivity contribution in [2.24, 2.45) is 23.2 Å². The molecule has 0 spiro atoms. The highest BCUT2D eigenvalue weighted by atomic mass is 16.4. The van der Waals surface area contributed by atoms with Gasteiger partial charge in [0.05, 0.1) is 11.4 Å². The third-order valence-corrected chi connectivity index (χ3v) is 6.71. The molecule has 0 aromatic carbocycles. The lowest BCUT2D eigenvalue weighted by molar-refractivity contribution is -0.105. The summed E-state index contributed by atoms with van der Waals surface area (Å²) in [5.41, 5.74) is 3.45. The van der Waals surface area contributed by atoms with Crippen molar-refractivity contribution in [3.8, 4) is 0 Å². The van der Waals surface area contributed by atoms with Gasteiger partial charge in [-0.2, -0.15) is 0 Å². The molecule has 4 nitrogen and oxygen atoms in total. The summed E-state index contributed by atoms with van der Waals surface area (Å²) in [5, 5.41) is 13.1. The first-order valence-electron chi connectivity index (χ1n) is 8.58. The molecule has 4 heteroatoms. The van der Waals surface area contributed by atoms with Crippen LogP contribution in [0.2, 0.25) is 0 Å². The fraction of sp³-hybridized carbons (Fsp3) is 0.579. The predicted octanol–water partition coefficient (Wildman–Crippen LogP) is 3.83. The number of aromatic carboxylic acids is 1. The fourth-order valence-electron chi connectivity index (χ4n) is 5.04. The molecule has 4 aliphatic rings. The number of anilines is 1. The van der Waals surface area contributed by atoms with Crippen LogP contribution in [0, 0.1) is 23.2 Å². The summed E-state index contributed by atoms with van der Waals surface area (Å²) in [6.45, 7) is 7.08. The highest BCUT2D eigenvalue weighted by molar-refractivity contribution is 5.97. The number of fused-ring (bicyclic) bond motifs is 3. The van der Waals surface area contributed by atoms with Crippen LogP contribution in [-0.4, -0.2) is 22.1 Å². The van der Waals surface area contributed by atoms with Crippen LogP contribution in [0.3, 0.4) is 0 Å². The third-order valence-electron chi connectivity index (χ3n) is 6.71. The molecule has 1 aromatic rings. The standard InChI is InChI=1S/C19H24N2O2/c1-10-14-7-11(19(14,2)3)8-16(10)21-17-12-5-4-6-15(12)20-9-13(17)18(22)23/h4-5,9-11,14,16H,6-8H2,1-3H3,(H,20,21)(H,22,23)/t10-,11-,14+,16-/m0/s1. The van der Waals surface area contributed by atoms with Gasteiger partial charge in [0, 0.05) is 24.2 Å². The van der Waals surface area contributed by atoms with Crippen LogP contribution < -0.4 is 5.32 Å². The molecule has 1 heterocycles. The zero-order valence-corrected chi connectivity index (χ0v) is 14.0. The Morgan fingerprint density at radius 2 is 2.17 bits per heavy atom. The average Bonchev–Trinajstić information content (AvgIpc) is 2.97. The van der Waals surface area contributed by atoms with E-state index in [1.165, 1.54) is 12.6 Å². The Kier molecular flexibility index (Phi) is 3.09. The van der Waals surface area contributed by atoms with Crippen molar-refractivity contribution in [3.63, 3.8) is 0 Å². The van der Waals surface area contributed by atoms with Gasteiger partial charge in [0.1, 0.15) is 5.56 Å². The van der Waals surface area contributed by atoms with Crippen LogP contribution in [0.5, 0.6) is 0 Å². The fourth-order valence-corrected chi connectivity index (χ4v) is 5.04. The van der Waals surface area contributed by atoms with E-state index in [0.717, 1.165) is 41.6 Å². The molecule has 2 bridgehead atoms. The second kappa shape index (κ2) is 4.83. The minimum atomic E-state index is -0.906. The van der Waals surface area contributed by atoms with Crippen molar-refractivity contribution in [1.29, 1.82) is 0 Å². The van der Waals surface area contributed by atoms with Gasteiger partial charge in [-0.3, -0.25) is 4.98 Å². The number of hydrogen-bond acceptors (Lipinski definition) is 3. The first kappa shape index (κ1) is 14.7. The third kappa shape index (κ3) is 2.03. The molecular formula is C19H24N2O2. The number of carboxylic acid groups (broad SMARTS) is 1. The summed E-state index contributed by atoms with van der Waals surface area (Å²) < 4.78 is 0. The van der Waals surface area contributed by atoms with Crippen LogP contribution in [0.4, 0.5) is 5.69 Å². The molecule has 0 aliphatic heterocycles. The monoisotopic (exact) mass is 312 g/mol. The number of carboxylic acids is 1. The molecule has 1 aromatic heterocycles. The maximum absolute atomic E-state index is 11.6. The number of carbonyl (C=O) groups is 1. The van der Waals surface area contributed by atoms with Crippen molar-refractivity contribution >= 4 is 17.7 Å². The molecule has 0 unspecified atom stereocenters. The summed E-state index contributed by atoms with van der Waals surface area (Å²) in [5.74, 6) is 1.14. The molecule has 3 fully saturated rings. The van der Waals surface area contributed by atoms with E-state index in [1.807, 2.05) is 6.08 Å². The summed E-state index contributed by atoms with van der Waals surface area (Å²) >= 11 is 0. The van der Waals surface area contributed by atoms with E-state index >= 15 is 0 Å². The number of aromatic nitrogens is 1. The first-order valence-corrected chi connectivity index (χ1v) is 8.58. The van der Waals surface area contributed by atoms with Gasteiger partial charge in [0.25, 0.3) is 0 Å². The summed E-state index contributed by atoms with van der Waals surface area (Å²) in [6.07, 6.45) is 8.82. The Bertz CT molecular complexity index is 708. The van der Waals surface area contributed by atoms with Gasteiger partial charge in [-0.25, -0.2) is 4.79 Å². The number of allylic oxidation sites excluding steroid dienone is 1. The first-order chi connectivity index (χ1) is 10.9. The van der Waals surface area contributed by atoms with E-state index in [1.54, 1.807) is 0 Å². The second-order valence-corrected chi connectivity index (χ2v) is 8.03. The Morgan fingerprint density at radius 1 is 1.39 bits per heavy atom. The molecule has 0 amide bonds. The lowest BCUT2D eigenvalue weighted by Crippen LogP contribution is -2.58. The topological polar surface area (TPSA) is 62.2 Å². The molecule has 122 valence electrons. The maximum Gasteiger partial charge on any atom is 0.339 e. The van der Waals surface area contributed by atoms with Gasteiger partial charge in [-0.05, 0) is 36.0 Å². The zero-order chi connectivity index (χ0) is 16.4. The van der Waals surface area contributed by atoms with E-state index in [9.17, 15) is 9.90 Å². The summed E-state index contributed by atoms with van der Waals surface area (Å²) in [6, 6.07) is 0.352. The number of pyridine rings is 1. The molecular weight excluding hydrogens is 288 g/mol. The van der Waals surface area contributed by atoms with Crippen molar-refractivity contribution in [3.05, 3.63) is 29.1 Å². The van der Waals surface area contributed by atoms with Gasteiger partial charge in [0.15, 0.2) is 0 Å². The smallest absolute Gasteiger partial charge is 0.339 e. The van der Waals surface area contributed by atoms with E-state index in [-0.39, 0.29) is 0 Å². The van der Waals surface area contributed by atoms with Gasteiger partial charge < -0.3 is 10.4 Å². The van der Waals surface area contributed by atoms with Crippen LogP contribution in [-0.2, 0) is 6.42 Å². The predicted molar refractivity (Wildman–Crippen MR) is 90.5 cm³/mol. The number of nitrogens with zero attached hydrogens (tertiary/aromatic N) is 1. The molecule has 4 atom stereocenters. The molecule has 0 saturated heterocycles. The quantitative estimate of drug-likeness (QED) is 0.890.